The van der Waals surface area contributed by atoms with Crippen molar-refractivity contribution in [2.45, 2.75) is 19.8 Å². The summed E-state index contributed by atoms with van der Waals surface area (Å²) in [5.41, 5.74) is 2.87. The predicted octanol–water partition coefficient (Wildman–Crippen LogP) is 7.67. The van der Waals surface area contributed by atoms with Gasteiger partial charge in [0.25, 0.3) is 0 Å². The zero-order valence-electron chi connectivity index (χ0n) is 20.8. The van der Waals surface area contributed by atoms with Gasteiger partial charge in [0.05, 0.1) is 20.8 Å². The normalized spacial score (nSPS) is 11.0. The molecule has 0 N–H and O–H groups in total. The van der Waals surface area contributed by atoms with Gasteiger partial charge in [-0.1, -0.05) is 43.7 Å². The fourth-order valence-corrected chi connectivity index (χ4v) is 3.81. The van der Waals surface area contributed by atoms with Crippen molar-refractivity contribution in [2.24, 2.45) is 0 Å². The summed E-state index contributed by atoms with van der Waals surface area (Å²) in [6.07, 6.45) is 5.05. The lowest BCUT2D eigenvalue weighted by atomic mass is 9.99. The van der Waals surface area contributed by atoms with Crippen molar-refractivity contribution >= 4 is 22.8 Å². The molecule has 4 aromatic carbocycles. The molecular formula is C31H30O5. The average Bonchev–Trinajstić information content (AvgIpc) is 2.92. The fourth-order valence-electron chi connectivity index (χ4n) is 3.81. The van der Waals surface area contributed by atoms with Crippen LogP contribution >= 0.6 is 0 Å². The van der Waals surface area contributed by atoms with Gasteiger partial charge < -0.3 is 18.9 Å². The molecule has 0 saturated heterocycles. The van der Waals surface area contributed by atoms with Crippen LogP contribution in [0.2, 0.25) is 0 Å². The first-order valence-corrected chi connectivity index (χ1v) is 12.0. The Balaban J connectivity index is 1.63. The molecule has 0 atom stereocenters. The lowest BCUT2D eigenvalue weighted by Crippen LogP contribution is -2.01. The minimum atomic E-state index is -0.334. The minimum absolute atomic E-state index is 0.334. The number of methoxy groups -OCH3 is 2. The zero-order chi connectivity index (χ0) is 25.3. The molecule has 4 aromatic rings. The van der Waals surface area contributed by atoms with E-state index in [0.717, 1.165) is 57.6 Å². The maximum absolute atomic E-state index is 11.8. The van der Waals surface area contributed by atoms with Gasteiger partial charge in [0.15, 0.2) is 0 Å². The number of hydrogen-bond acceptors (Lipinski definition) is 5. The molecule has 5 nitrogen and oxygen atoms in total. The standard InChI is InChI=1S/C31H30O5/c1-4-5-20-35-30(32)19-8-22-6-12-26(13-7-22)36-31-28(23-9-14-25(33-2)15-10-23)17-11-24-21-27(34-3)16-18-29(24)31/h6-19,21H,4-5,20H2,1-3H3. The molecule has 0 aliphatic carbocycles. The van der Waals surface area contributed by atoms with Crippen molar-refractivity contribution in [3.63, 3.8) is 0 Å². The van der Waals surface area contributed by atoms with Crippen molar-refractivity contribution in [3.05, 3.63) is 90.5 Å². The summed E-state index contributed by atoms with van der Waals surface area (Å²) in [7, 11) is 3.31. The summed E-state index contributed by atoms with van der Waals surface area (Å²) in [4.78, 5) is 11.8. The maximum Gasteiger partial charge on any atom is 0.330 e. The summed E-state index contributed by atoms with van der Waals surface area (Å²) in [5, 5.41) is 1.99. The molecule has 0 unspecified atom stereocenters. The Morgan fingerprint density at radius 2 is 1.50 bits per heavy atom. The summed E-state index contributed by atoms with van der Waals surface area (Å²) in [6.45, 7) is 2.50. The van der Waals surface area contributed by atoms with Gasteiger partial charge >= 0.3 is 5.97 Å². The third-order valence-electron chi connectivity index (χ3n) is 5.83. The molecule has 0 amide bonds. The number of fused-ring (bicyclic) bond motifs is 1. The van der Waals surface area contributed by atoms with Crippen LogP contribution in [0.4, 0.5) is 0 Å². The molecule has 0 aliphatic heterocycles. The molecular weight excluding hydrogens is 452 g/mol. The SMILES string of the molecule is CCCCOC(=O)C=Cc1ccc(Oc2c(-c3ccc(OC)cc3)ccc3cc(OC)ccc23)cc1. The number of rotatable bonds is 10. The van der Waals surface area contributed by atoms with Crippen molar-refractivity contribution in [1.29, 1.82) is 0 Å². The monoisotopic (exact) mass is 482 g/mol. The maximum atomic E-state index is 11.8. The molecule has 0 aliphatic rings. The van der Waals surface area contributed by atoms with E-state index in [0.29, 0.717) is 12.4 Å². The van der Waals surface area contributed by atoms with Crippen molar-refractivity contribution in [2.75, 3.05) is 20.8 Å². The highest BCUT2D eigenvalue weighted by Gasteiger charge is 2.13. The molecule has 0 bridgehead atoms. The summed E-state index contributed by atoms with van der Waals surface area (Å²) in [6, 6.07) is 25.6. The van der Waals surface area contributed by atoms with Crippen LogP contribution in [-0.2, 0) is 9.53 Å². The van der Waals surface area contributed by atoms with Crippen molar-refractivity contribution in [1.82, 2.24) is 0 Å². The van der Waals surface area contributed by atoms with Crippen molar-refractivity contribution < 1.29 is 23.7 Å². The number of hydrogen-bond donors (Lipinski definition) is 0. The molecule has 0 spiro atoms. The van der Waals surface area contributed by atoms with E-state index in [1.165, 1.54) is 6.08 Å². The Hall–Kier alpha value is -4.25. The van der Waals surface area contributed by atoms with E-state index in [1.807, 2.05) is 66.7 Å². The number of esters is 1. The molecule has 0 heterocycles. The van der Waals surface area contributed by atoms with E-state index in [-0.39, 0.29) is 5.97 Å². The van der Waals surface area contributed by atoms with E-state index in [9.17, 15) is 4.79 Å². The highest BCUT2D eigenvalue weighted by molar-refractivity contribution is 5.96. The van der Waals surface area contributed by atoms with E-state index in [4.69, 9.17) is 18.9 Å². The second-order valence-electron chi connectivity index (χ2n) is 8.28. The van der Waals surface area contributed by atoms with Crippen LogP contribution in [-0.4, -0.2) is 26.8 Å². The van der Waals surface area contributed by atoms with Gasteiger partial charge in [-0.3, -0.25) is 0 Å². The number of unbranched alkanes of at least 4 members (excludes halogenated alkanes) is 1. The predicted molar refractivity (Wildman–Crippen MR) is 144 cm³/mol. The Labute approximate surface area is 211 Å². The first kappa shape index (κ1) is 24.9. The summed E-state index contributed by atoms with van der Waals surface area (Å²) < 4.78 is 22.4. The highest BCUT2D eigenvalue weighted by atomic mass is 16.5. The van der Waals surface area contributed by atoms with Gasteiger partial charge in [0.1, 0.15) is 23.0 Å². The van der Waals surface area contributed by atoms with Crippen LogP contribution in [0.5, 0.6) is 23.0 Å². The molecule has 0 aromatic heterocycles. The molecule has 0 saturated carbocycles. The van der Waals surface area contributed by atoms with E-state index in [2.05, 4.69) is 19.1 Å². The van der Waals surface area contributed by atoms with Gasteiger partial charge in [0.2, 0.25) is 0 Å². The first-order valence-electron chi connectivity index (χ1n) is 12.0. The Morgan fingerprint density at radius 1 is 0.806 bits per heavy atom. The van der Waals surface area contributed by atoms with E-state index >= 15 is 0 Å². The molecule has 5 heteroatoms. The summed E-state index contributed by atoms with van der Waals surface area (Å²) in [5.74, 6) is 2.69. The van der Waals surface area contributed by atoms with Gasteiger partial charge in [-0.25, -0.2) is 4.79 Å². The van der Waals surface area contributed by atoms with Crippen LogP contribution in [0.15, 0.2) is 84.9 Å². The van der Waals surface area contributed by atoms with E-state index in [1.54, 1.807) is 20.3 Å². The number of carbonyl (C=O) groups is 1. The second-order valence-corrected chi connectivity index (χ2v) is 8.28. The van der Waals surface area contributed by atoms with Crippen LogP contribution in [0.1, 0.15) is 25.3 Å². The zero-order valence-corrected chi connectivity index (χ0v) is 20.8. The third-order valence-corrected chi connectivity index (χ3v) is 5.83. The third kappa shape index (κ3) is 6.05. The van der Waals surface area contributed by atoms with Gasteiger partial charge in [-0.15, -0.1) is 0 Å². The fraction of sp³-hybridized carbons (Fsp3) is 0.194. The molecule has 0 radical (unpaired) electrons. The van der Waals surface area contributed by atoms with Crippen LogP contribution in [0, 0.1) is 0 Å². The Kier molecular flexibility index (Phi) is 8.24. The van der Waals surface area contributed by atoms with E-state index < -0.39 is 0 Å². The molecule has 4 rings (SSSR count). The minimum Gasteiger partial charge on any atom is -0.497 e. The van der Waals surface area contributed by atoms with Gasteiger partial charge in [0, 0.05) is 17.0 Å². The lowest BCUT2D eigenvalue weighted by molar-refractivity contribution is -0.137. The Morgan fingerprint density at radius 3 is 2.19 bits per heavy atom. The van der Waals surface area contributed by atoms with Gasteiger partial charge in [-0.2, -0.15) is 0 Å². The highest BCUT2D eigenvalue weighted by Crippen LogP contribution is 2.41. The average molecular weight is 483 g/mol. The van der Waals surface area contributed by atoms with Crippen molar-refractivity contribution in [3.8, 4) is 34.1 Å². The molecule has 184 valence electrons. The lowest BCUT2D eigenvalue weighted by Gasteiger charge is -2.16. The largest absolute Gasteiger partial charge is 0.497 e. The topological polar surface area (TPSA) is 54.0 Å². The quantitative estimate of drug-likeness (QED) is 0.132. The van der Waals surface area contributed by atoms with Crippen LogP contribution in [0.25, 0.3) is 28.0 Å². The number of benzene rings is 4. The Bertz CT molecular complexity index is 1340. The van der Waals surface area contributed by atoms with Gasteiger partial charge in [-0.05, 0) is 77.5 Å². The summed E-state index contributed by atoms with van der Waals surface area (Å²) >= 11 is 0. The smallest absolute Gasteiger partial charge is 0.330 e. The molecule has 36 heavy (non-hydrogen) atoms. The second kappa shape index (κ2) is 11.9. The van der Waals surface area contributed by atoms with Crippen LogP contribution < -0.4 is 14.2 Å². The molecule has 0 fully saturated rings. The number of ether oxygens (including phenoxy) is 4. The number of carbonyl (C=O) groups excluding carboxylic acids is 1. The van der Waals surface area contributed by atoms with Crippen LogP contribution in [0.3, 0.4) is 0 Å². The first-order chi connectivity index (χ1) is 17.6.